The van der Waals surface area contributed by atoms with Crippen molar-refractivity contribution in [2.24, 2.45) is 0 Å². The van der Waals surface area contributed by atoms with E-state index in [1.165, 1.54) is 12.8 Å². The lowest BCUT2D eigenvalue weighted by atomic mass is 9.98. The van der Waals surface area contributed by atoms with Crippen LogP contribution in [0.1, 0.15) is 75.6 Å². The fraction of sp³-hybridized carbons (Fsp3) is 0.556. The molecular formula is C27H38NO5P. The number of ether oxygens (including phenoxy) is 2. The van der Waals surface area contributed by atoms with Crippen molar-refractivity contribution in [3.63, 3.8) is 0 Å². The topological polar surface area (TPSA) is 66.0 Å². The summed E-state index contributed by atoms with van der Waals surface area (Å²) < 4.78 is 38.8. The van der Waals surface area contributed by atoms with Crippen LogP contribution in [-0.4, -0.2) is 26.4 Å². The lowest BCUT2D eigenvalue weighted by Gasteiger charge is -2.36. The van der Waals surface area contributed by atoms with E-state index in [0.29, 0.717) is 11.5 Å². The summed E-state index contributed by atoms with van der Waals surface area (Å²) in [4.78, 5) is 0. The van der Waals surface area contributed by atoms with E-state index >= 15 is 0 Å². The molecule has 0 amide bonds. The van der Waals surface area contributed by atoms with Gasteiger partial charge >= 0.3 is 7.60 Å². The maximum Gasteiger partial charge on any atom is 0.357 e. The van der Waals surface area contributed by atoms with E-state index in [0.717, 1.165) is 62.6 Å². The molecule has 34 heavy (non-hydrogen) atoms. The summed E-state index contributed by atoms with van der Waals surface area (Å²) in [5.74, 6) is 0.543. The number of nitrogens with one attached hydrogen (secondary N) is 1. The molecule has 0 radical (unpaired) electrons. The molecule has 0 saturated heterocycles. The number of benzene rings is 2. The Morgan fingerprint density at radius 3 is 1.85 bits per heavy atom. The molecular weight excluding hydrogens is 449 g/mol. The summed E-state index contributed by atoms with van der Waals surface area (Å²) in [5, 5.41) is 3.49. The predicted octanol–water partition coefficient (Wildman–Crippen LogP) is 7.71. The number of anilines is 1. The standard InChI is InChI=1S/C27H38NO5P/c1-30-25-19-18-21(20-26(25)31-2)27(28-22-12-6-3-7-13-22)34(29,32-23-14-8-4-9-15-23)33-24-16-10-5-11-17-24/h3,6-7,12-13,18-20,23-24,27-28H,4-5,8-11,14-17H2,1-2H3/t27-/m1/s1. The van der Waals surface area contributed by atoms with Gasteiger partial charge in [0.15, 0.2) is 17.3 Å². The molecule has 2 fully saturated rings. The van der Waals surface area contributed by atoms with Crippen LogP contribution in [0.15, 0.2) is 48.5 Å². The highest BCUT2D eigenvalue weighted by Crippen LogP contribution is 2.64. The third-order valence-corrected chi connectivity index (χ3v) is 9.06. The van der Waals surface area contributed by atoms with Gasteiger partial charge < -0.3 is 23.8 Å². The zero-order valence-corrected chi connectivity index (χ0v) is 21.3. The number of rotatable bonds is 10. The van der Waals surface area contributed by atoms with Crippen molar-refractivity contribution in [1.29, 1.82) is 0 Å². The minimum absolute atomic E-state index is 0.0524. The lowest BCUT2D eigenvalue weighted by molar-refractivity contribution is 0.0758. The summed E-state index contributed by atoms with van der Waals surface area (Å²) in [7, 11) is -0.395. The minimum Gasteiger partial charge on any atom is -0.493 e. The molecule has 0 heterocycles. The molecule has 2 aromatic carbocycles. The SMILES string of the molecule is COc1ccc([C@H](Nc2ccccc2)P(=O)(OC2CCCCC2)OC2CCCCC2)cc1OC. The predicted molar refractivity (Wildman–Crippen MR) is 136 cm³/mol. The van der Waals surface area contributed by atoms with E-state index in [9.17, 15) is 4.57 Å². The fourth-order valence-electron chi connectivity index (χ4n) is 4.96. The van der Waals surface area contributed by atoms with Gasteiger partial charge in [0.05, 0.1) is 26.4 Å². The Morgan fingerprint density at radius 2 is 1.32 bits per heavy atom. The second-order valence-corrected chi connectivity index (χ2v) is 11.3. The van der Waals surface area contributed by atoms with Crippen LogP contribution in [0.5, 0.6) is 11.5 Å². The first kappa shape index (κ1) is 25.1. The second kappa shape index (κ2) is 12.1. The lowest BCUT2D eigenvalue weighted by Crippen LogP contribution is -2.25. The average Bonchev–Trinajstić information content (AvgIpc) is 2.88. The molecule has 1 N–H and O–H groups in total. The van der Waals surface area contributed by atoms with E-state index in [2.05, 4.69) is 5.32 Å². The van der Waals surface area contributed by atoms with E-state index < -0.39 is 13.4 Å². The van der Waals surface area contributed by atoms with Crippen LogP contribution in [0.25, 0.3) is 0 Å². The van der Waals surface area contributed by atoms with Gasteiger partial charge in [0, 0.05) is 5.69 Å². The van der Waals surface area contributed by atoms with Gasteiger partial charge in [0.2, 0.25) is 0 Å². The van der Waals surface area contributed by atoms with Crippen molar-refractivity contribution in [1.82, 2.24) is 0 Å². The van der Waals surface area contributed by atoms with Crippen molar-refractivity contribution >= 4 is 13.3 Å². The molecule has 0 aliphatic heterocycles. The van der Waals surface area contributed by atoms with Gasteiger partial charge in [-0.3, -0.25) is 4.57 Å². The Hall–Kier alpha value is -2.01. The first-order valence-electron chi connectivity index (χ1n) is 12.6. The van der Waals surface area contributed by atoms with Crippen LogP contribution in [-0.2, 0) is 13.6 Å². The maximum atomic E-state index is 14.8. The Balaban J connectivity index is 1.73. The molecule has 7 heteroatoms. The van der Waals surface area contributed by atoms with Gasteiger partial charge in [-0.2, -0.15) is 0 Å². The van der Waals surface area contributed by atoms with Crippen molar-refractivity contribution in [2.45, 2.75) is 82.2 Å². The van der Waals surface area contributed by atoms with Crippen LogP contribution in [0.3, 0.4) is 0 Å². The molecule has 2 aliphatic carbocycles. The molecule has 186 valence electrons. The van der Waals surface area contributed by atoms with Gasteiger partial charge in [-0.1, -0.05) is 62.8 Å². The van der Waals surface area contributed by atoms with Crippen LogP contribution in [0, 0.1) is 0 Å². The van der Waals surface area contributed by atoms with Gasteiger partial charge in [-0.25, -0.2) is 0 Å². The van der Waals surface area contributed by atoms with E-state index in [4.69, 9.17) is 18.5 Å². The van der Waals surface area contributed by atoms with Gasteiger partial charge in [0.25, 0.3) is 0 Å². The van der Waals surface area contributed by atoms with E-state index in [1.807, 2.05) is 48.5 Å². The average molecular weight is 488 g/mol. The highest BCUT2D eigenvalue weighted by molar-refractivity contribution is 7.54. The van der Waals surface area contributed by atoms with Crippen molar-refractivity contribution < 1.29 is 23.1 Å². The molecule has 0 aromatic heterocycles. The normalized spacial score (nSPS) is 18.9. The summed E-state index contributed by atoms with van der Waals surface area (Å²) >= 11 is 0. The first-order chi connectivity index (χ1) is 16.6. The molecule has 6 nitrogen and oxygen atoms in total. The van der Waals surface area contributed by atoms with Gasteiger partial charge in [-0.05, 0) is 55.5 Å². The maximum absolute atomic E-state index is 14.8. The monoisotopic (exact) mass is 487 g/mol. The highest BCUT2D eigenvalue weighted by Gasteiger charge is 2.42. The summed E-state index contributed by atoms with van der Waals surface area (Å²) in [6, 6.07) is 15.5. The number of hydrogen-bond acceptors (Lipinski definition) is 6. The summed E-state index contributed by atoms with van der Waals surface area (Å²) in [6.45, 7) is 0. The van der Waals surface area contributed by atoms with Crippen LogP contribution in [0.2, 0.25) is 0 Å². The van der Waals surface area contributed by atoms with Gasteiger partial charge in [-0.15, -0.1) is 0 Å². The molecule has 2 aromatic rings. The van der Waals surface area contributed by atoms with Crippen molar-refractivity contribution in [3.8, 4) is 11.5 Å². The number of para-hydroxylation sites is 1. The fourth-order valence-corrected chi connectivity index (χ4v) is 7.34. The van der Waals surface area contributed by atoms with Gasteiger partial charge in [0.1, 0.15) is 0 Å². The number of methoxy groups -OCH3 is 2. The van der Waals surface area contributed by atoms with Crippen molar-refractivity contribution in [2.75, 3.05) is 19.5 Å². The molecule has 4 rings (SSSR count). The Bertz CT molecular complexity index is 917. The molecule has 2 aliphatic rings. The molecule has 2 saturated carbocycles. The van der Waals surface area contributed by atoms with Crippen LogP contribution >= 0.6 is 7.60 Å². The first-order valence-corrected chi connectivity index (χ1v) is 14.2. The van der Waals surface area contributed by atoms with Crippen molar-refractivity contribution in [3.05, 3.63) is 54.1 Å². The molecule has 1 atom stereocenters. The third kappa shape index (κ3) is 6.35. The minimum atomic E-state index is -3.62. The van der Waals surface area contributed by atoms with E-state index in [-0.39, 0.29) is 12.2 Å². The second-order valence-electron chi connectivity index (χ2n) is 9.30. The Kier molecular flexibility index (Phi) is 8.93. The summed E-state index contributed by atoms with van der Waals surface area (Å²) in [5.41, 5.74) is 1.65. The smallest absolute Gasteiger partial charge is 0.357 e. The number of hydrogen-bond donors (Lipinski definition) is 1. The largest absolute Gasteiger partial charge is 0.493 e. The Labute approximate surface area is 203 Å². The molecule has 0 bridgehead atoms. The molecule has 0 spiro atoms. The zero-order valence-electron chi connectivity index (χ0n) is 20.4. The van der Waals surface area contributed by atoms with Crippen LogP contribution < -0.4 is 14.8 Å². The third-order valence-electron chi connectivity index (χ3n) is 6.81. The molecule has 0 unspecified atom stereocenters. The van der Waals surface area contributed by atoms with Crippen LogP contribution in [0.4, 0.5) is 5.69 Å². The van der Waals surface area contributed by atoms with E-state index in [1.54, 1.807) is 14.2 Å². The highest BCUT2D eigenvalue weighted by atomic mass is 31.2. The zero-order chi connectivity index (χ0) is 23.8. The quantitative estimate of drug-likeness (QED) is 0.346. The Morgan fingerprint density at radius 1 is 0.765 bits per heavy atom. The summed E-state index contributed by atoms with van der Waals surface area (Å²) in [6.07, 6.45) is 10.4.